The van der Waals surface area contributed by atoms with Gasteiger partial charge in [0.05, 0.1) is 0 Å². The molecule has 0 aliphatic carbocycles. The first-order valence-corrected chi connectivity index (χ1v) is 10.8. The average molecular weight is 432 g/mol. The van der Waals surface area contributed by atoms with Gasteiger partial charge in [-0.1, -0.05) is 6.07 Å². The summed E-state index contributed by atoms with van der Waals surface area (Å²) in [5, 5.41) is 2.93. The molecule has 1 aliphatic heterocycles. The van der Waals surface area contributed by atoms with Crippen molar-refractivity contribution in [3.8, 4) is 0 Å². The van der Waals surface area contributed by atoms with Crippen LogP contribution in [0.4, 0.5) is 21.5 Å². The Morgan fingerprint density at radius 1 is 1.00 bits per heavy atom. The molecule has 0 atom stereocenters. The fraction of sp³-hybridized carbons (Fsp3) is 0.231. The Hall–Kier alpha value is -3.67. The number of nitrogens with one attached hydrogen (secondary N) is 1. The lowest BCUT2D eigenvalue weighted by Crippen LogP contribution is -2.36. The molecule has 0 aromatic heterocycles. The second kappa shape index (κ2) is 9.22. The van der Waals surface area contributed by atoms with E-state index in [0.717, 1.165) is 36.3 Å². The second-order valence-electron chi connectivity index (χ2n) is 7.89. The van der Waals surface area contributed by atoms with E-state index in [0.29, 0.717) is 23.4 Å². The molecular formula is C26H26FN3O2. The molecule has 3 aromatic rings. The normalized spacial score (nSPS) is 12.8. The first kappa shape index (κ1) is 21.6. The van der Waals surface area contributed by atoms with Gasteiger partial charge < -0.3 is 15.1 Å². The van der Waals surface area contributed by atoms with E-state index in [-0.39, 0.29) is 17.6 Å². The molecule has 164 valence electrons. The second-order valence-corrected chi connectivity index (χ2v) is 7.89. The van der Waals surface area contributed by atoms with Gasteiger partial charge in [-0.3, -0.25) is 9.59 Å². The number of carbonyl (C=O) groups excluding carboxylic acids is 2. The summed E-state index contributed by atoms with van der Waals surface area (Å²) in [5.74, 6) is -0.752. The summed E-state index contributed by atoms with van der Waals surface area (Å²) in [6, 6.07) is 18.7. The smallest absolute Gasteiger partial charge is 0.258 e. The molecule has 0 fully saturated rings. The van der Waals surface area contributed by atoms with E-state index in [1.54, 1.807) is 4.90 Å². The number of hydrogen-bond acceptors (Lipinski definition) is 3. The maximum absolute atomic E-state index is 13.3. The first-order chi connectivity index (χ1) is 15.5. The first-order valence-electron chi connectivity index (χ1n) is 10.8. The van der Waals surface area contributed by atoms with Crippen LogP contribution in [0.3, 0.4) is 0 Å². The molecule has 5 nitrogen and oxygen atoms in total. The molecule has 1 aliphatic rings. The molecule has 0 spiro atoms. The maximum atomic E-state index is 13.3. The number of hydrogen-bond donors (Lipinski definition) is 1. The van der Waals surface area contributed by atoms with E-state index in [2.05, 4.69) is 17.1 Å². The molecule has 1 heterocycles. The number of fused-ring (bicyclic) bond motifs is 1. The predicted octanol–water partition coefficient (Wildman–Crippen LogP) is 5.13. The third-order valence-corrected chi connectivity index (χ3v) is 5.88. The van der Waals surface area contributed by atoms with Crippen LogP contribution >= 0.6 is 0 Å². The number of halogens is 1. The van der Waals surface area contributed by atoms with Crippen molar-refractivity contribution in [2.24, 2.45) is 0 Å². The Morgan fingerprint density at radius 3 is 2.38 bits per heavy atom. The van der Waals surface area contributed by atoms with Gasteiger partial charge in [-0.2, -0.15) is 0 Å². The highest BCUT2D eigenvalue weighted by molar-refractivity contribution is 6.09. The topological polar surface area (TPSA) is 52.7 Å². The molecule has 0 radical (unpaired) electrons. The van der Waals surface area contributed by atoms with Crippen LogP contribution in [0, 0.1) is 5.82 Å². The lowest BCUT2D eigenvalue weighted by Gasteiger charge is -2.31. The van der Waals surface area contributed by atoms with Gasteiger partial charge in [0.2, 0.25) is 0 Å². The zero-order chi connectivity index (χ0) is 22.7. The molecule has 1 N–H and O–H groups in total. The fourth-order valence-corrected chi connectivity index (χ4v) is 3.95. The Balaban J connectivity index is 1.58. The number of nitrogens with zero attached hydrogens (tertiary/aromatic N) is 2. The Labute approximate surface area is 187 Å². The minimum Gasteiger partial charge on any atom is -0.375 e. The van der Waals surface area contributed by atoms with E-state index < -0.39 is 0 Å². The van der Waals surface area contributed by atoms with Crippen LogP contribution in [-0.4, -0.2) is 32.0 Å². The lowest BCUT2D eigenvalue weighted by atomic mass is 9.98. The molecule has 0 saturated heterocycles. The number of amides is 2. The van der Waals surface area contributed by atoms with Crippen molar-refractivity contribution in [2.75, 3.05) is 35.3 Å². The van der Waals surface area contributed by atoms with Crippen molar-refractivity contribution in [3.05, 3.63) is 89.2 Å². The summed E-state index contributed by atoms with van der Waals surface area (Å²) < 4.78 is 13.2. The Morgan fingerprint density at radius 2 is 1.69 bits per heavy atom. The monoisotopic (exact) mass is 431 g/mol. The highest BCUT2D eigenvalue weighted by Gasteiger charge is 2.26. The van der Waals surface area contributed by atoms with E-state index in [1.807, 2.05) is 49.5 Å². The van der Waals surface area contributed by atoms with Crippen LogP contribution in [0.2, 0.25) is 0 Å². The number of benzene rings is 3. The van der Waals surface area contributed by atoms with E-state index in [9.17, 15) is 14.0 Å². The highest BCUT2D eigenvalue weighted by Crippen LogP contribution is 2.34. The van der Waals surface area contributed by atoms with E-state index in [4.69, 9.17) is 0 Å². The molecule has 4 rings (SSSR count). The zero-order valence-electron chi connectivity index (χ0n) is 18.3. The molecule has 32 heavy (non-hydrogen) atoms. The Kier molecular flexibility index (Phi) is 6.21. The number of carbonyl (C=O) groups is 2. The Bertz CT molecular complexity index is 1130. The largest absolute Gasteiger partial charge is 0.375 e. The summed E-state index contributed by atoms with van der Waals surface area (Å²) in [4.78, 5) is 29.8. The summed E-state index contributed by atoms with van der Waals surface area (Å²) in [5.41, 5.74) is 4.50. The third kappa shape index (κ3) is 4.35. The number of anilines is 3. The fourth-order valence-electron chi connectivity index (χ4n) is 3.95. The summed E-state index contributed by atoms with van der Waals surface area (Å²) in [6.45, 7) is 3.59. The van der Waals surface area contributed by atoms with Crippen LogP contribution in [0.1, 0.15) is 39.6 Å². The van der Waals surface area contributed by atoms with Crippen molar-refractivity contribution >= 4 is 28.9 Å². The molecule has 2 amide bonds. The molecule has 0 bridgehead atoms. The third-order valence-electron chi connectivity index (χ3n) is 5.88. The number of rotatable bonds is 5. The van der Waals surface area contributed by atoms with Gasteiger partial charge in [0.15, 0.2) is 0 Å². The van der Waals surface area contributed by atoms with Crippen molar-refractivity contribution in [2.45, 2.75) is 19.8 Å². The van der Waals surface area contributed by atoms with E-state index >= 15 is 0 Å². The minimum atomic E-state index is -0.387. The van der Waals surface area contributed by atoms with Crippen LogP contribution in [0.5, 0.6) is 0 Å². The average Bonchev–Trinajstić information content (AvgIpc) is 2.83. The summed E-state index contributed by atoms with van der Waals surface area (Å²) in [6.07, 6.45) is 1.57. The van der Waals surface area contributed by atoms with Gasteiger partial charge in [0.25, 0.3) is 11.8 Å². The summed E-state index contributed by atoms with van der Waals surface area (Å²) >= 11 is 0. The quantitative estimate of drug-likeness (QED) is 0.610. The minimum absolute atomic E-state index is 0.0568. The molecule has 0 unspecified atom stereocenters. The van der Waals surface area contributed by atoms with Gasteiger partial charge in [-0.05, 0) is 86.0 Å². The summed E-state index contributed by atoms with van der Waals surface area (Å²) in [7, 11) is 2.01. The van der Waals surface area contributed by atoms with Gasteiger partial charge in [-0.15, -0.1) is 0 Å². The molecule has 3 aromatic carbocycles. The van der Waals surface area contributed by atoms with Crippen LogP contribution < -0.4 is 15.1 Å². The van der Waals surface area contributed by atoms with Gasteiger partial charge in [-0.25, -0.2) is 4.39 Å². The van der Waals surface area contributed by atoms with Gasteiger partial charge >= 0.3 is 0 Å². The van der Waals surface area contributed by atoms with Crippen molar-refractivity contribution < 1.29 is 14.0 Å². The van der Waals surface area contributed by atoms with Crippen LogP contribution in [0.25, 0.3) is 0 Å². The maximum Gasteiger partial charge on any atom is 0.258 e. The molecule has 0 saturated carbocycles. The van der Waals surface area contributed by atoms with Crippen molar-refractivity contribution in [3.63, 3.8) is 0 Å². The van der Waals surface area contributed by atoms with Crippen molar-refractivity contribution in [1.82, 2.24) is 0 Å². The van der Waals surface area contributed by atoms with Gasteiger partial charge in [0, 0.05) is 48.3 Å². The molecular weight excluding hydrogens is 405 g/mol. The van der Waals surface area contributed by atoms with Crippen LogP contribution in [0.15, 0.2) is 66.7 Å². The van der Waals surface area contributed by atoms with Gasteiger partial charge in [0.1, 0.15) is 5.82 Å². The van der Waals surface area contributed by atoms with Crippen LogP contribution in [-0.2, 0) is 6.42 Å². The SMILES string of the molecule is CCN(C)c1ccc(C(=O)N2CCCc3c(NC(=O)c4ccc(F)cc4)cccc32)cc1. The van der Waals surface area contributed by atoms with Crippen molar-refractivity contribution in [1.29, 1.82) is 0 Å². The lowest BCUT2D eigenvalue weighted by molar-refractivity contribution is 0.0984. The predicted molar refractivity (Wildman–Crippen MR) is 126 cm³/mol. The molecule has 6 heteroatoms. The standard InChI is InChI=1S/C26H26FN3O2/c1-3-29(2)21-15-11-19(12-16-21)26(32)30-17-5-6-22-23(7-4-8-24(22)30)28-25(31)18-9-13-20(27)14-10-18/h4,7-16H,3,5-6,17H2,1-2H3,(H,28,31). The zero-order valence-corrected chi connectivity index (χ0v) is 18.3. The highest BCUT2D eigenvalue weighted by atomic mass is 19.1. The van der Waals surface area contributed by atoms with E-state index in [1.165, 1.54) is 24.3 Å².